The van der Waals surface area contributed by atoms with Gasteiger partial charge >= 0.3 is 5.97 Å². The Morgan fingerprint density at radius 1 is 1.21 bits per heavy atom. The van der Waals surface area contributed by atoms with E-state index >= 15 is 0 Å². The third-order valence-corrected chi connectivity index (χ3v) is 3.62. The number of anilines is 2. The van der Waals surface area contributed by atoms with Crippen LogP contribution in [0, 0.1) is 0 Å². The van der Waals surface area contributed by atoms with Crippen molar-refractivity contribution >= 4 is 27.4 Å². The van der Waals surface area contributed by atoms with Crippen LogP contribution in [0.4, 0.5) is 11.4 Å². The molecule has 0 aliphatic rings. The number of esters is 1. The molecule has 0 saturated carbocycles. The minimum Gasteiger partial charge on any atom is -0.466 e. The van der Waals surface area contributed by atoms with Crippen molar-refractivity contribution in [2.24, 2.45) is 0 Å². The molecule has 0 unspecified atom stereocenters. The van der Waals surface area contributed by atoms with E-state index in [4.69, 9.17) is 0 Å². The van der Waals surface area contributed by atoms with Crippen molar-refractivity contribution in [1.82, 2.24) is 0 Å². The van der Waals surface area contributed by atoms with Crippen molar-refractivity contribution in [1.29, 1.82) is 0 Å². The van der Waals surface area contributed by atoms with Crippen molar-refractivity contribution in [3.05, 3.63) is 24.3 Å². The highest BCUT2D eigenvalue weighted by Crippen LogP contribution is 2.14. The Balaban J connectivity index is 2.56. The molecule has 0 spiro atoms. The molecule has 0 aliphatic heterocycles. The Hall–Kier alpha value is -1.76. The highest BCUT2D eigenvalue weighted by Gasteiger charge is 2.13. The number of carbonyl (C=O) groups is 1. The molecular formula is C12H18N2O4S. The SMILES string of the molecule is CCOC(=O)CCS(=O)(=O)Nc1ccc(NC)cc1. The molecule has 6 nitrogen and oxygen atoms in total. The lowest BCUT2D eigenvalue weighted by molar-refractivity contribution is -0.142. The summed E-state index contributed by atoms with van der Waals surface area (Å²) in [6, 6.07) is 6.80. The Labute approximate surface area is 113 Å². The summed E-state index contributed by atoms with van der Waals surface area (Å²) in [5.74, 6) is -0.807. The summed E-state index contributed by atoms with van der Waals surface area (Å²) in [6.45, 7) is 1.92. The Morgan fingerprint density at radius 2 is 1.79 bits per heavy atom. The average molecular weight is 286 g/mol. The van der Waals surface area contributed by atoms with Gasteiger partial charge in [-0.25, -0.2) is 8.42 Å². The van der Waals surface area contributed by atoms with Gasteiger partial charge in [-0.2, -0.15) is 0 Å². The summed E-state index contributed by atoms with van der Waals surface area (Å²) < 4.78 is 30.5. The normalized spacial score (nSPS) is 10.8. The first kappa shape index (κ1) is 15.3. The maximum atomic E-state index is 11.7. The van der Waals surface area contributed by atoms with Crippen LogP contribution in [0.2, 0.25) is 0 Å². The van der Waals surface area contributed by atoms with E-state index in [9.17, 15) is 13.2 Å². The zero-order chi connectivity index (χ0) is 14.3. The minimum absolute atomic E-state index is 0.155. The molecule has 1 rings (SSSR count). The molecule has 0 atom stereocenters. The third-order valence-electron chi connectivity index (χ3n) is 2.33. The maximum absolute atomic E-state index is 11.7. The second-order valence-electron chi connectivity index (χ2n) is 3.80. The number of sulfonamides is 1. The zero-order valence-electron chi connectivity index (χ0n) is 11.0. The Kier molecular flexibility index (Phi) is 5.62. The van der Waals surface area contributed by atoms with Gasteiger partial charge in [0.05, 0.1) is 18.8 Å². The lowest BCUT2D eigenvalue weighted by atomic mass is 10.3. The Bertz CT molecular complexity index is 511. The van der Waals surface area contributed by atoms with Gasteiger partial charge in [0.25, 0.3) is 0 Å². The summed E-state index contributed by atoms with van der Waals surface area (Å²) in [5.41, 5.74) is 1.34. The average Bonchev–Trinajstić information content (AvgIpc) is 2.37. The van der Waals surface area contributed by atoms with Gasteiger partial charge in [-0.05, 0) is 31.2 Å². The van der Waals surface area contributed by atoms with E-state index in [2.05, 4.69) is 14.8 Å². The largest absolute Gasteiger partial charge is 0.466 e. The second kappa shape index (κ2) is 6.98. The van der Waals surface area contributed by atoms with Crippen molar-refractivity contribution in [3.8, 4) is 0 Å². The van der Waals surface area contributed by atoms with E-state index < -0.39 is 16.0 Å². The Morgan fingerprint density at radius 3 is 2.32 bits per heavy atom. The lowest BCUT2D eigenvalue weighted by Gasteiger charge is -2.08. The molecule has 0 radical (unpaired) electrons. The molecule has 0 aromatic heterocycles. The predicted molar refractivity (Wildman–Crippen MR) is 74.6 cm³/mol. The molecule has 7 heteroatoms. The molecule has 1 aromatic rings. The van der Waals surface area contributed by atoms with Crippen LogP contribution >= 0.6 is 0 Å². The zero-order valence-corrected chi connectivity index (χ0v) is 11.8. The van der Waals surface area contributed by atoms with Crippen LogP contribution in [0.3, 0.4) is 0 Å². The van der Waals surface area contributed by atoms with E-state index in [0.717, 1.165) is 5.69 Å². The molecular weight excluding hydrogens is 268 g/mol. The molecule has 0 aliphatic carbocycles. The summed E-state index contributed by atoms with van der Waals surface area (Å²) in [7, 11) is -1.76. The molecule has 0 fully saturated rings. The molecule has 19 heavy (non-hydrogen) atoms. The molecule has 106 valence electrons. The molecule has 1 aromatic carbocycles. The van der Waals surface area contributed by atoms with Crippen molar-refractivity contribution in [2.75, 3.05) is 29.4 Å². The highest BCUT2D eigenvalue weighted by molar-refractivity contribution is 7.92. The summed E-state index contributed by atoms with van der Waals surface area (Å²) in [4.78, 5) is 11.1. The van der Waals surface area contributed by atoms with E-state index in [1.54, 1.807) is 38.2 Å². The smallest absolute Gasteiger partial charge is 0.306 e. The second-order valence-corrected chi connectivity index (χ2v) is 5.65. The number of rotatable bonds is 7. The summed E-state index contributed by atoms with van der Waals surface area (Å²) in [5, 5.41) is 2.93. The van der Waals surface area contributed by atoms with Gasteiger partial charge in [0.1, 0.15) is 0 Å². The van der Waals surface area contributed by atoms with E-state index in [1.807, 2.05) is 0 Å². The van der Waals surface area contributed by atoms with Crippen LogP contribution in [0.5, 0.6) is 0 Å². The molecule has 0 heterocycles. The number of nitrogens with one attached hydrogen (secondary N) is 2. The molecule has 0 bridgehead atoms. The van der Waals surface area contributed by atoms with Crippen LogP contribution in [0.15, 0.2) is 24.3 Å². The maximum Gasteiger partial charge on any atom is 0.306 e. The van der Waals surface area contributed by atoms with Crippen LogP contribution in [0.25, 0.3) is 0 Å². The van der Waals surface area contributed by atoms with Crippen molar-refractivity contribution in [2.45, 2.75) is 13.3 Å². The summed E-state index contributed by atoms with van der Waals surface area (Å²) >= 11 is 0. The van der Waals surface area contributed by atoms with E-state index in [-0.39, 0.29) is 18.8 Å². The first-order valence-electron chi connectivity index (χ1n) is 5.91. The fourth-order valence-corrected chi connectivity index (χ4v) is 2.42. The van der Waals surface area contributed by atoms with Crippen LogP contribution in [-0.2, 0) is 19.6 Å². The molecule has 0 amide bonds. The van der Waals surface area contributed by atoms with E-state index in [1.165, 1.54) is 0 Å². The fourth-order valence-electron chi connectivity index (χ4n) is 1.39. The van der Waals surface area contributed by atoms with Gasteiger partial charge in [0.2, 0.25) is 10.0 Å². The van der Waals surface area contributed by atoms with Gasteiger partial charge in [0, 0.05) is 18.4 Å². The fraction of sp³-hybridized carbons (Fsp3) is 0.417. The van der Waals surface area contributed by atoms with Crippen molar-refractivity contribution in [3.63, 3.8) is 0 Å². The lowest BCUT2D eigenvalue weighted by Crippen LogP contribution is -2.19. The number of hydrogen-bond donors (Lipinski definition) is 2. The standard InChI is InChI=1S/C12H18N2O4S/c1-3-18-12(15)8-9-19(16,17)14-11-6-4-10(13-2)5-7-11/h4-7,13-14H,3,8-9H2,1-2H3. The van der Waals surface area contributed by atoms with Crippen LogP contribution in [-0.4, -0.2) is 33.8 Å². The van der Waals surface area contributed by atoms with Crippen LogP contribution < -0.4 is 10.0 Å². The van der Waals surface area contributed by atoms with Gasteiger partial charge in [-0.15, -0.1) is 0 Å². The third kappa shape index (κ3) is 5.60. The van der Waals surface area contributed by atoms with E-state index in [0.29, 0.717) is 5.69 Å². The molecule has 2 N–H and O–H groups in total. The topological polar surface area (TPSA) is 84.5 Å². The van der Waals surface area contributed by atoms with Crippen LogP contribution in [0.1, 0.15) is 13.3 Å². The quantitative estimate of drug-likeness (QED) is 0.741. The number of carbonyl (C=O) groups excluding carboxylic acids is 1. The predicted octanol–water partition coefficient (Wildman–Crippen LogP) is 1.42. The number of benzene rings is 1. The van der Waals surface area contributed by atoms with Gasteiger partial charge < -0.3 is 10.1 Å². The van der Waals surface area contributed by atoms with Gasteiger partial charge in [0.15, 0.2) is 0 Å². The first-order valence-corrected chi connectivity index (χ1v) is 7.56. The number of ether oxygens (including phenoxy) is 1. The molecule has 0 saturated heterocycles. The van der Waals surface area contributed by atoms with Gasteiger partial charge in [-0.1, -0.05) is 0 Å². The summed E-state index contributed by atoms with van der Waals surface area (Å²) in [6.07, 6.45) is -0.155. The van der Waals surface area contributed by atoms with Crippen molar-refractivity contribution < 1.29 is 17.9 Å². The minimum atomic E-state index is -3.54. The highest BCUT2D eigenvalue weighted by atomic mass is 32.2. The monoisotopic (exact) mass is 286 g/mol. The number of hydrogen-bond acceptors (Lipinski definition) is 5. The van der Waals surface area contributed by atoms with Gasteiger partial charge in [-0.3, -0.25) is 9.52 Å². The first-order chi connectivity index (χ1) is 8.96.